The van der Waals surface area contributed by atoms with Crippen LogP contribution in [0.3, 0.4) is 0 Å². The summed E-state index contributed by atoms with van der Waals surface area (Å²) in [7, 11) is 0. The van der Waals surface area contributed by atoms with Crippen molar-refractivity contribution in [1.29, 1.82) is 0 Å². The van der Waals surface area contributed by atoms with Crippen molar-refractivity contribution in [3.8, 4) is 0 Å². The lowest BCUT2D eigenvalue weighted by Crippen LogP contribution is -2.09. The molecule has 1 unspecified atom stereocenters. The van der Waals surface area contributed by atoms with Gasteiger partial charge in [-0.15, -0.1) is 0 Å². The number of rotatable bonds is 3. The van der Waals surface area contributed by atoms with E-state index in [4.69, 9.17) is 4.99 Å². The minimum absolute atomic E-state index is 0.0960. The van der Waals surface area contributed by atoms with Gasteiger partial charge in [-0.3, -0.25) is 4.99 Å². The van der Waals surface area contributed by atoms with Crippen molar-refractivity contribution < 1.29 is 0 Å². The van der Waals surface area contributed by atoms with Gasteiger partial charge in [-0.2, -0.15) is 4.99 Å². The first kappa shape index (κ1) is 14.4. The summed E-state index contributed by atoms with van der Waals surface area (Å²) in [6, 6.07) is 30.5. The Balaban J connectivity index is 1.85. The summed E-state index contributed by atoms with van der Waals surface area (Å²) in [5.41, 5.74) is 4.26. The molecule has 0 saturated carbocycles. The fraction of sp³-hybridized carbons (Fsp3) is 0.0455. The SMILES string of the molecule is C1=NC(c2ccccc2)=NC(c2ccccc2)C=1c1ccccc1. The number of hydrogen-bond donors (Lipinski definition) is 0. The van der Waals surface area contributed by atoms with Gasteiger partial charge in [0.1, 0.15) is 6.04 Å². The Labute approximate surface area is 141 Å². The Hall–Kier alpha value is -3.22. The second-order valence-electron chi connectivity index (χ2n) is 5.64. The molecule has 0 aromatic heterocycles. The maximum absolute atomic E-state index is 4.93. The highest BCUT2D eigenvalue weighted by Gasteiger charge is 2.21. The lowest BCUT2D eigenvalue weighted by molar-refractivity contribution is 0.930. The van der Waals surface area contributed by atoms with E-state index in [1.807, 2.05) is 66.7 Å². The second-order valence-corrected chi connectivity index (χ2v) is 5.64. The van der Waals surface area contributed by atoms with Crippen LogP contribution in [0.25, 0.3) is 5.57 Å². The van der Waals surface area contributed by atoms with E-state index in [1.54, 1.807) is 0 Å². The number of hydrogen-bond acceptors (Lipinski definition) is 2. The van der Waals surface area contributed by atoms with Crippen molar-refractivity contribution in [3.63, 3.8) is 0 Å². The highest BCUT2D eigenvalue weighted by molar-refractivity contribution is 6.09. The zero-order valence-corrected chi connectivity index (χ0v) is 13.1. The van der Waals surface area contributed by atoms with E-state index < -0.39 is 0 Å². The lowest BCUT2D eigenvalue weighted by Gasteiger charge is -2.19. The molecular weight excluding hydrogens is 292 g/mol. The van der Waals surface area contributed by atoms with Crippen molar-refractivity contribution in [1.82, 2.24) is 0 Å². The molecule has 0 radical (unpaired) electrons. The predicted octanol–water partition coefficient (Wildman–Crippen LogP) is 4.94. The first-order chi connectivity index (χ1) is 11.9. The van der Waals surface area contributed by atoms with E-state index in [0.717, 1.165) is 28.1 Å². The van der Waals surface area contributed by atoms with E-state index in [1.165, 1.54) is 0 Å². The third-order valence-corrected chi connectivity index (χ3v) is 4.04. The number of nitrogens with zero attached hydrogens (tertiary/aromatic N) is 2. The molecule has 0 amide bonds. The minimum atomic E-state index is -0.0960. The molecule has 0 saturated heterocycles. The molecule has 2 heteroatoms. The average Bonchev–Trinajstić information content (AvgIpc) is 2.69. The van der Waals surface area contributed by atoms with Crippen LogP contribution < -0.4 is 0 Å². The largest absolute Gasteiger partial charge is 0.252 e. The van der Waals surface area contributed by atoms with Gasteiger partial charge in [0, 0.05) is 11.1 Å². The maximum atomic E-state index is 4.93. The quantitative estimate of drug-likeness (QED) is 0.654. The Morgan fingerprint density at radius 2 is 1.17 bits per heavy atom. The normalized spacial score (nSPS) is 16.4. The molecule has 0 fully saturated rings. The third-order valence-electron chi connectivity index (χ3n) is 4.04. The summed E-state index contributed by atoms with van der Waals surface area (Å²) in [5.74, 6) is 3.97. The molecule has 0 N–H and O–H groups in total. The van der Waals surface area contributed by atoms with Crippen LogP contribution >= 0.6 is 0 Å². The second kappa shape index (κ2) is 6.49. The van der Waals surface area contributed by atoms with Crippen molar-refractivity contribution in [2.75, 3.05) is 0 Å². The van der Waals surface area contributed by atoms with Crippen molar-refractivity contribution in [3.05, 3.63) is 108 Å². The molecular formula is C22H16N2. The first-order valence-electron chi connectivity index (χ1n) is 7.99. The Bertz CT molecular complexity index is 919. The fourth-order valence-electron chi connectivity index (χ4n) is 2.83. The summed E-state index contributed by atoms with van der Waals surface area (Å²) in [6.45, 7) is 0. The highest BCUT2D eigenvalue weighted by atomic mass is 15.0. The molecule has 3 aromatic carbocycles. The van der Waals surface area contributed by atoms with Crippen LogP contribution in [0.1, 0.15) is 22.7 Å². The van der Waals surface area contributed by atoms with E-state index >= 15 is 0 Å². The smallest absolute Gasteiger partial charge is 0.165 e. The first-order valence-corrected chi connectivity index (χ1v) is 7.99. The summed E-state index contributed by atoms with van der Waals surface area (Å²) >= 11 is 0. The standard InChI is InChI=1S/C22H16N2/c1-4-10-17(11-5-1)20-16-23-22(19-14-8-3-9-15-19)24-21(20)18-12-6-2-7-13-18/h1-15,21H. The summed E-state index contributed by atoms with van der Waals surface area (Å²) in [5, 5.41) is 0. The van der Waals surface area contributed by atoms with E-state index in [0.29, 0.717) is 0 Å². The number of benzene rings is 3. The Kier molecular flexibility index (Phi) is 3.89. The van der Waals surface area contributed by atoms with Crippen LogP contribution in [0, 0.1) is 0 Å². The molecule has 1 atom stereocenters. The Morgan fingerprint density at radius 1 is 0.625 bits per heavy atom. The zero-order valence-electron chi connectivity index (χ0n) is 13.1. The van der Waals surface area contributed by atoms with Crippen LogP contribution in [0.5, 0.6) is 0 Å². The van der Waals surface area contributed by atoms with Crippen LogP contribution in [0.2, 0.25) is 0 Å². The predicted molar refractivity (Wildman–Crippen MR) is 99.4 cm³/mol. The van der Waals surface area contributed by atoms with Gasteiger partial charge >= 0.3 is 0 Å². The topological polar surface area (TPSA) is 24.7 Å². The van der Waals surface area contributed by atoms with Crippen molar-refractivity contribution in [2.24, 2.45) is 9.98 Å². The summed E-state index contributed by atoms with van der Waals surface area (Å²) < 4.78 is 0. The minimum Gasteiger partial charge on any atom is -0.252 e. The van der Waals surface area contributed by atoms with Gasteiger partial charge < -0.3 is 0 Å². The third kappa shape index (κ3) is 2.83. The molecule has 0 spiro atoms. The zero-order chi connectivity index (χ0) is 16.2. The summed E-state index contributed by atoms with van der Waals surface area (Å²) in [4.78, 5) is 9.43. The van der Waals surface area contributed by atoms with Crippen LogP contribution in [-0.2, 0) is 0 Å². The maximum Gasteiger partial charge on any atom is 0.165 e. The molecule has 24 heavy (non-hydrogen) atoms. The fourth-order valence-corrected chi connectivity index (χ4v) is 2.83. The molecule has 114 valence electrons. The van der Waals surface area contributed by atoms with Gasteiger partial charge in [0.25, 0.3) is 0 Å². The molecule has 3 aromatic rings. The molecule has 4 rings (SSSR count). The molecule has 0 aliphatic carbocycles. The van der Waals surface area contributed by atoms with E-state index in [9.17, 15) is 0 Å². The Morgan fingerprint density at radius 3 is 1.79 bits per heavy atom. The van der Waals surface area contributed by atoms with Crippen LogP contribution in [0.4, 0.5) is 0 Å². The van der Waals surface area contributed by atoms with Crippen LogP contribution in [0.15, 0.2) is 101 Å². The average molecular weight is 308 g/mol. The van der Waals surface area contributed by atoms with Gasteiger partial charge in [0.05, 0.1) is 0 Å². The van der Waals surface area contributed by atoms with E-state index in [-0.39, 0.29) is 6.04 Å². The molecule has 2 nitrogen and oxygen atoms in total. The summed E-state index contributed by atoms with van der Waals surface area (Å²) in [6.07, 6.45) is 0. The van der Waals surface area contributed by atoms with Gasteiger partial charge in [-0.1, -0.05) is 91.0 Å². The van der Waals surface area contributed by atoms with Gasteiger partial charge in [-0.05, 0) is 17.0 Å². The number of aliphatic imine (C=N–C) groups is 2. The highest BCUT2D eigenvalue weighted by Crippen LogP contribution is 2.33. The molecule has 1 aliphatic rings. The lowest BCUT2D eigenvalue weighted by atomic mass is 9.93. The number of amidine groups is 1. The van der Waals surface area contributed by atoms with Crippen molar-refractivity contribution in [2.45, 2.75) is 6.04 Å². The van der Waals surface area contributed by atoms with Gasteiger partial charge in [-0.25, -0.2) is 0 Å². The van der Waals surface area contributed by atoms with Crippen LogP contribution in [-0.4, -0.2) is 11.7 Å². The van der Waals surface area contributed by atoms with Crippen molar-refractivity contribution >= 4 is 17.3 Å². The molecule has 0 bridgehead atoms. The van der Waals surface area contributed by atoms with E-state index in [2.05, 4.69) is 35.1 Å². The van der Waals surface area contributed by atoms with Gasteiger partial charge in [0.2, 0.25) is 0 Å². The molecule has 1 aliphatic heterocycles. The molecule has 1 heterocycles. The van der Waals surface area contributed by atoms with Gasteiger partial charge in [0.15, 0.2) is 5.84 Å². The monoisotopic (exact) mass is 308 g/mol.